The average molecular weight is 321 g/mol. The van der Waals surface area contributed by atoms with Gasteiger partial charge in [0.05, 0.1) is 19.1 Å². The third-order valence-corrected chi connectivity index (χ3v) is 4.48. The lowest BCUT2D eigenvalue weighted by atomic mass is 10.0. The van der Waals surface area contributed by atoms with Crippen LogP contribution in [0.1, 0.15) is 29.7 Å². The zero-order chi connectivity index (χ0) is 16.5. The molecule has 1 atom stereocenters. The van der Waals surface area contributed by atoms with Crippen molar-refractivity contribution >= 4 is 16.9 Å². The van der Waals surface area contributed by atoms with Gasteiger partial charge < -0.3 is 15.0 Å². The standard InChI is InChI=1S/C19H19N3O2/c1-12(13-4-5-17-14(9-13)6-8-24-17)22-18(23)10-15-11-21-19-16(15)3-2-7-20-19/h2-5,7,9,11-12H,6,8,10H2,1H3,(H,20,21)(H,22,23)/t12-/m1/s1. The zero-order valence-corrected chi connectivity index (χ0v) is 13.5. The Morgan fingerprint density at radius 1 is 1.42 bits per heavy atom. The number of H-pyrrole nitrogens is 1. The summed E-state index contributed by atoms with van der Waals surface area (Å²) in [5.41, 5.74) is 4.10. The smallest absolute Gasteiger partial charge is 0.224 e. The molecule has 1 aromatic carbocycles. The lowest BCUT2D eigenvalue weighted by Gasteiger charge is -2.15. The summed E-state index contributed by atoms with van der Waals surface area (Å²) in [7, 11) is 0. The number of hydrogen-bond acceptors (Lipinski definition) is 3. The van der Waals surface area contributed by atoms with E-state index in [4.69, 9.17) is 4.74 Å². The van der Waals surface area contributed by atoms with E-state index >= 15 is 0 Å². The van der Waals surface area contributed by atoms with Gasteiger partial charge in [-0.15, -0.1) is 0 Å². The molecule has 5 nitrogen and oxygen atoms in total. The average Bonchev–Trinajstić information content (AvgIpc) is 3.21. The number of nitrogens with one attached hydrogen (secondary N) is 2. The Balaban J connectivity index is 1.45. The molecule has 2 aromatic heterocycles. The van der Waals surface area contributed by atoms with Crippen molar-refractivity contribution < 1.29 is 9.53 Å². The number of carbonyl (C=O) groups excluding carboxylic acids is 1. The molecule has 2 N–H and O–H groups in total. The van der Waals surface area contributed by atoms with Crippen molar-refractivity contribution in [2.24, 2.45) is 0 Å². The number of fused-ring (bicyclic) bond motifs is 2. The monoisotopic (exact) mass is 321 g/mol. The van der Waals surface area contributed by atoms with Crippen LogP contribution in [0.15, 0.2) is 42.7 Å². The van der Waals surface area contributed by atoms with Gasteiger partial charge in [-0.2, -0.15) is 0 Å². The lowest BCUT2D eigenvalue weighted by Crippen LogP contribution is -2.28. The lowest BCUT2D eigenvalue weighted by molar-refractivity contribution is -0.121. The number of hydrogen-bond donors (Lipinski definition) is 2. The van der Waals surface area contributed by atoms with Crippen molar-refractivity contribution in [1.29, 1.82) is 0 Å². The van der Waals surface area contributed by atoms with Crippen LogP contribution in [-0.4, -0.2) is 22.5 Å². The fourth-order valence-corrected chi connectivity index (χ4v) is 3.18. The maximum atomic E-state index is 12.4. The summed E-state index contributed by atoms with van der Waals surface area (Å²) in [6.07, 6.45) is 4.87. The Morgan fingerprint density at radius 2 is 2.33 bits per heavy atom. The predicted octanol–water partition coefficient (Wildman–Crippen LogP) is 2.92. The van der Waals surface area contributed by atoms with Gasteiger partial charge >= 0.3 is 0 Å². The van der Waals surface area contributed by atoms with E-state index in [0.717, 1.165) is 40.9 Å². The molecule has 3 aromatic rings. The van der Waals surface area contributed by atoms with Crippen LogP contribution >= 0.6 is 0 Å². The quantitative estimate of drug-likeness (QED) is 0.776. The van der Waals surface area contributed by atoms with Gasteiger partial charge in [0.25, 0.3) is 0 Å². The highest BCUT2D eigenvalue weighted by molar-refractivity contribution is 5.87. The van der Waals surface area contributed by atoms with Crippen LogP contribution < -0.4 is 10.1 Å². The molecule has 24 heavy (non-hydrogen) atoms. The van der Waals surface area contributed by atoms with Gasteiger partial charge in [0, 0.05) is 24.2 Å². The molecule has 1 aliphatic rings. The molecule has 0 fully saturated rings. The molecular formula is C19H19N3O2. The summed E-state index contributed by atoms with van der Waals surface area (Å²) < 4.78 is 5.53. The Kier molecular flexibility index (Phi) is 3.69. The summed E-state index contributed by atoms with van der Waals surface area (Å²) in [5.74, 6) is 0.965. The van der Waals surface area contributed by atoms with Crippen LogP contribution in [0.4, 0.5) is 0 Å². The third kappa shape index (κ3) is 2.73. The number of aromatic nitrogens is 2. The van der Waals surface area contributed by atoms with Gasteiger partial charge in [0.1, 0.15) is 11.4 Å². The summed E-state index contributed by atoms with van der Waals surface area (Å²) in [4.78, 5) is 19.8. The highest BCUT2D eigenvalue weighted by Gasteiger charge is 2.16. The van der Waals surface area contributed by atoms with Gasteiger partial charge in [-0.1, -0.05) is 6.07 Å². The van der Waals surface area contributed by atoms with E-state index in [9.17, 15) is 4.79 Å². The van der Waals surface area contributed by atoms with Gasteiger partial charge in [0.2, 0.25) is 5.91 Å². The molecule has 0 saturated heterocycles. The second-order valence-corrected chi connectivity index (χ2v) is 6.15. The molecule has 0 radical (unpaired) electrons. The molecule has 0 aliphatic carbocycles. The van der Waals surface area contributed by atoms with Gasteiger partial charge in [-0.05, 0) is 47.9 Å². The first-order valence-electron chi connectivity index (χ1n) is 8.16. The van der Waals surface area contributed by atoms with E-state index < -0.39 is 0 Å². The van der Waals surface area contributed by atoms with Crippen LogP contribution in [-0.2, 0) is 17.6 Å². The Bertz CT molecular complexity index is 901. The van der Waals surface area contributed by atoms with E-state index in [1.807, 2.05) is 37.4 Å². The second kappa shape index (κ2) is 6.00. The van der Waals surface area contributed by atoms with Crippen LogP contribution in [0.25, 0.3) is 11.0 Å². The minimum atomic E-state index is -0.0354. The van der Waals surface area contributed by atoms with Crippen LogP contribution in [0, 0.1) is 0 Å². The van der Waals surface area contributed by atoms with E-state index in [0.29, 0.717) is 6.42 Å². The largest absolute Gasteiger partial charge is 0.493 e. The Morgan fingerprint density at radius 3 is 3.25 bits per heavy atom. The van der Waals surface area contributed by atoms with E-state index in [1.54, 1.807) is 6.20 Å². The maximum Gasteiger partial charge on any atom is 0.224 e. The van der Waals surface area contributed by atoms with Gasteiger partial charge in [-0.3, -0.25) is 4.79 Å². The van der Waals surface area contributed by atoms with E-state index in [2.05, 4.69) is 21.4 Å². The minimum Gasteiger partial charge on any atom is -0.493 e. The normalized spacial score (nSPS) is 14.2. The fraction of sp³-hybridized carbons (Fsp3) is 0.263. The molecule has 0 bridgehead atoms. The van der Waals surface area contributed by atoms with Crippen LogP contribution in [0.5, 0.6) is 5.75 Å². The molecule has 0 unspecified atom stereocenters. The summed E-state index contributed by atoms with van der Waals surface area (Å²) in [6.45, 7) is 2.75. The number of benzene rings is 1. The third-order valence-electron chi connectivity index (χ3n) is 4.48. The number of nitrogens with zero attached hydrogens (tertiary/aromatic N) is 1. The predicted molar refractivity (Wildman–Crippen MR) is 92.0 cm³/mol. The highest BCUT2D eigenvalue weighted by Crippen LogP contribution is 2.28. The number of ether oxygens (including phenoxy) is 1. The topological polar surface area (TPSA) is 67.0 Å². The van der Waals surface area contributed by atoms with Crippen molar-refractivity contribution in [3.8, 4) is 5.75 Å². The maximum absolute atomic E-state index is 12.4. The van der Waals surface area contributed by atoms with E-state index in [-0.39, 0.29) is 11.9 Å². The Hall–Kier alpha value is -2.82. The molecule has 122 valence electrons. The Labute approximate surface area is 140 Å². The zero-order valence-electron chi connectivity index (χ0n) is 13.5. The first-order valence-corrected chi connectivity index (χ1v) is 8.16. The van der Waals surface area contributed by atoms with Crippen LogP contribution in [0.2, 0.25) is 0 Å². The number of rotatable bonds is 4. The summed E-state index contributed by atoms with van der Waals surface area (Å²) in [6, 6.07) is 9.96. The summed E-state index contributed by atoms with van der Waals surface area (Å²) in [5, 5.41) is 4.07. The molecular weight excluding hydrogens is 302 g/mol. The summed E-state index contributed by atoms with van der Waals surface area (Å²) >= 11 is 0. The molecule has 0 saturated carbocycles. The van der Waals surface area contributed by atoms with Gasteiger partial charge in [-0.25, -0.2) is 4.98 Å². The van der Waals surface area contributed by atoms with Crippen molar-refractivity contribution in [1.82, 2.24) is 15.3 Å². The molecule has 3 heterocycles. The minimum absolute atomic E-state index is 0.00371. The number of carbonyl (C=O) groups is 1. The molecule has 1 aliphatic heterocycles. The molecule has 0 spiro atoms. The molecule has 5 heteroatoms. The van der Waals surface area contributed by atoms with Crippen LogP contribution in [0.3, 0.4) is 0 Å². The second-order valence-electron chi connectivity index (χ2n) is 6.15. The highest BCUT2D eigenvalue weighted by atomic mass is 16.5. The first-order chi connectivity index (χ1) is 11.7. The van der Waals surface area contributed by atoms with Crippen molar-refractivity contribution in [3.63, 3.8) is 0 Å². The first kappa shape index (κ1) is 14.8. The van der Waals surface area contributed by atoms with E-state index in [1.165, 1.54) is 5.56 Å². The van der Waals surface area contributed by atoms with Crippen molar-refractivity contribution in [3.05, 3.63) is 59.4 Å². The number of amides is 1. The fourth-order valence-electron chi connectivity index (χ4n) is 3.18. The number of pyridine rings is 1. The van der Waals surface area contributed by atoms with Crippen molar-refractivity contribution in [2.75, 3.05) is 6.61 Å². The molecule has 1 amide bonds. The SMILES string of the molecule is C[C@@H](NC(=O)Cc1c[nH]c2ncccc12)c1ccc2c(c1)CCO2. The number of aromatic amines is 1. The van der Waals surface area contributed by atoms with Gasteiger partial charge in [0.15, 0.2) is 0 Å². The molecule has 4 rings (SSSR count). The van der Waals surface area contributed by atoms with Crippen molar-refractivity contribution in [2.45, 2.75) is 25.8 Å².